The summed E-state index contributed by atoms with van der Waals surface area (Å²) in [6, 6.07) is 20.1. The van der Waals surface area contributed by atoms with Gasteiger partial charge in [0.15, 0.2) is 6.29 Å². The first-order valence-electron chi connectivity index (χ1n) is 11.2. The molecule has 0 aliphatic rings. The topological polar surface area (TPSA) is 102 Å². The Morgan fingerprint density at radius 3 is 2.71 bits per heavy atom. The van der Waals surface area contributed by atoms with Crippen LogP contribution in [0.3, 0.4) is 0 Å². The van der Waals surface area contributed by atoms with E-state index >= 15 is 0 Å². The molecular formula is C27H26N4O4. The Morgan fingerprint density at radius 1 is 1.00 bits per heavy atom. The quantitative estimate of drug-likeness (QED) is 0.241. The molecule has 35 heavy (non-hydrogen) atoms. The predicted octanol–water partition coefficient (Wildman–Crippen LogP) is 4.72. The van der Waals surface area contributed by atoms with Crippen molar-refractivity contribution in [1.29, 1.82) is 0 Å². The van der Waals surface area contributed by atoms with Gasteiger partial charge in [-0.1, -0.05) is 24.3 Å². The summed E-state index contributed by atoms with van der Waals surface area (Å²) in [6.07, 6.45) is 3.00. The minimum absolute atomic E-state index is 0.222. The van der Waals surface area contributed by atoms with Crippen LogP contribution in [-0.2, 0) is 11.3 Å². The number of rotatable bonds is 11. The third-order valence-electron chi connectivity index (χ3n) is 5.33. The lowest BCUT2D eigenvalue weighted by Gasteiger charge is -2.11. The van der Waals surface area contributed by atoms with Crippen LogP contribution in [0.4, 0.5) is 11.5 Å². The number of methoxy groups -OCH3 is 1. The third kappa shape index (κ3) is 6.18. The number of ether oxygens (including phenoxy) is 2. The van der Waals surface area contributed by atoms with E-state index in [0.29, 0.717) is 53.7 Å². The molecule has 0 aliphatic heterocycles. The number of amides is 1. The van der Waals surface area contributed by atoms with Crippen LogP contribution >= 0.6 is 0 Å². The standard InChI is InChI=1S/C27H26N4O4/c1-34-12-5-13-35-23-10-3-7-20(15-23)27(33)31-22-9-2-6-19(14-22)16-28-26-24-11-4-8-21(17-32)25(24)29-18-30-26/h2-4,6-11,14-15,17-18H,5,12-13,16H2,1H3,(H,31,33)(H,28,29,30). The summed E-state index contributed by atoms with van der Waals surface area (Å²) in [6.45, 7) is 1.62. The number of carbonyl (C=O) groups is 2. The second-order valence-electron chi connectivity index (χ2n) is 7.81. The number of nitrogens with zero attached hydrogens (tertiary/aromatic N) is 2. The van der Waals surface area contributed by atoms with Gasteiger partial charge in [-0.3, -0.25) is 9.59 Å². The Bertz CT molecular complexity index is 1330. The van der Waals surface area contributed by atoms with Crippen LogP contribution in [0.1, 0.15) is 32.7 Å². The van der Waals surface area contributed by atoms with Gasteiger partial charge in [-0.05, 0) is 48.0 Å². The molecule has 178 valence electrons. The lowest BCUT2D eigenvalue weighted by molar-refractivity contribution is 0.102. The molecule has 1 aromatic heterocycles. The van der Waals surface area contributed by atoms with Crippen molar-refractivity contribution in [3.63, 3.8) is 0 Å². The van der Waals surface area contributed by atoms with Crippen LogP contribution in [0.25, 0.3) is 10.9 Å². The molecule has 3 aromatic carbocycles. The smallest absolute Gasteiger partial charge is 0.255 e. The second kappa shape index (κ2) is 11.7. The maximum absolute atomic E-state index is 12.8. The van der Waals surface area contributed by atoms with Gasteiger partial charge in [0, 0.05) is 48.9 Å². The normalized spacial score (nSPS) is 10.7. The van der Waals surface area contributed by atoms with E-state index in [1.807, 2.05) is 36.4 Å². The fourth-order valence-corrected chi connectivity index (χ4v) is 3.61. The number of aromatic nitrogens is 2. The number of hydrogen-bond donors (Lipinski definition) is 2. The summed E-state index contributed by atoms with van der Waals surface area (Å²) >= 11 is 0. The van der Waals surface area contributed by atoms with Crippen LogP contribution in [0, 0.1) is 0 Å². The van der Waals surface area contributed by atoms with Crippen molar-refractivity contribution < 1.29 is 19.1 Å². The molecule has 0 saturated carbocycles. The highest BCUT2D eigenvalue weighted by molar-refractivity contribution is 6.04. The number of para-hydroxylation sites is 1. The van der Waals surface area contributed by atoms with E-state index < -0.39 is 0 Å². The Hall–Kier alpha value is -4.30. The molecule has 0 radical (unpaired) electrons. The van der Waals surface area contributed by atoms with E-state index in [-0.39, 0.29) is 5.91 Å². The van der Waals surface area contributed by atoms with Crippen LogP contribution in [0.15, 0.2) is 73.1 Å². The van der Waals surface area contributed by atoms with E-state index in [2.05, 4.69) is 20.6 Å². The molecule has 8 nitrogen and oxygen atoms in total. The van der Waals surface area contributed by atoms with Crippen molar-refractivity contribution in [2.45, 2.75) is 13.0 Å². The largest absolute Gasteiger partial charge is 0.493 e. The second-order valence-corrected chi connectivity index (χ2v) is 7.81. The average molecular weight is 471 g/mol. The Labute approximate surface area is 203 Å². The number of carbonyl (C=O) groups excluding carboxylic acids is 2. The van der Waals surface area contributed by atoms with Gasteiger partial charge in [-0.15, -0.1) is 0 Å². The summed E-state index contributed by atoms with van der Waals surface area (Å²) in [5.41, 5.74) is 3.26. The van der Waals surface area contributed by atoms with Crippen LogP contribution in [0.2, 0.25) is 0 Å². The molecule has 1 heterocycles. The molecule has 0 atom stereocenters. The highest BCUT2D eigenvalue weighted by Gasteiger charge is 2.10. The molecule has 2 N–H and O–H groups in total. The van der Waals surface area contributed by atoms with Gasteiger partial charge < -0.3 is 20.1 Å². The maximum atomic E-state index is 12.8. The van der Waals surface area contributed by atoms with Crippen molar-refractivity contribution in [2.75, 3.05) is 31.0 Å². The highest BCUT2D eigenvalue weighted by Crippen LogP contribution is 2.22. The molecule has 0 spiro atoms. The van der Waals surface area contributed by atoms with Crippen LogP contribution in [-0.4, -0.2) is 42.5 Å². The number of nitrogens with one attached hydrogen (secondary N) is 2. The monoisotopic (exact) mass is 470 g/mol. The lowest BCUT2D eigenvalue weighted by atomic mass is 10.1. The van der Waals surface area contributed by atoms with Gasteiger partial charge in [0.2, 0.25) is 0 Å². The van der Waals surface area contributed by atoms with E-state index in [9.17, 15) is 9.59 Å². The van der Waals surface area contributed by atoms with Gasteiger partial charge in [0.25, 0.3) is 5.91 Å². The average Bonchev–Trinajstić information content (AvgIpc) is 2.90. The first kappa shape index (κ1) is 23.8. The SMILES string of the molecule is COCCCOc1cccc(C(=O)Nc2cccc(CNc3ncnc4c(C=O)cccc34)c2)c1. The molecule has 0 bridgehead atoms. The molecule has 0 fully saturated rings. The molecule has 0 saturated heterocycles. The number of aldehydes is 1. The summed E-state index contributed by atoms with van der Waals surface area (Å²) in [7, 11) is 1.65. The van der Waals surface area contributed by atoms with Crippen molar-refractivity contribution in [2.24, 2.45) is 0 Å². The van der Waals surface area contributed by atoms with Gasteiger partial charge in [-0.25, -0.2) is 9.97 Å². The molecular weight excluding hydrogens is 444 g/mol. The minimum atomic E-state index is -0.222. The molecule has 1 amide bonds. The predicted molar refractivity (Wildman–Crippen MR) is 135 cm³/mol. The number of hydrogen-bond acceptors (Lipinski definition) is 7. The fraction of sp³-hybridized carbons (Fsp3) is 0.185. The van der Waals surface area contributed by atoms with Gasteiger partial charge >= 0.3 is 0 Å². The zero-order valence-electron chi connectivity index (χ0n) is 19.4. The molecule has 4 aromatic rings. The Kier molecular flexibility index (Phi) is 7.98. The lowest BCUT2D eigenvalue weighted by Crippen LogP contribution is -2.12. The minimum Gasteiger partial charge on any atom is -0.493 e. The molecule has 4 rings (SSSR count). The van der Waals surface area contributed by atoms with Gasteiger partial charge in [0.1, 0.15) is 17.9 Å². The Balaban J connectivity index is 1.41. The summed E-state index contributed by atoms with van der Waals surface area (Å²) in [4.78, 5) is 32.6. The third-order valence-corrected chi connectivity index (χ3v) is 5.33. The highest BCUT2D eigenvalue weighted by atomic mass is 16.5. The number of fused-ring (bicyclic) bond motifs is 1. The fourth-order valence-electron chi connectivity index (χ4n) is 3.61. The van der Waals surface area contributed by atoms with Crippen molar-refractivity contribution in [3.05, 3.63) is 89.7 Å². The number of benzene rings is 3. The Morgan fingerprint density at radius 2 is 1.86 bits per heavy atom. The van der Waals surface area contributed by atoms with E-state index in [4.69, 9.17) is 9.47 Å². The van der Waals surface area contributed by atoms with E-state index in [1.54, 1.807) is 37.4 Å². The summed E-state index contributed by atoms with van der Waals surface area (Å²) < 4.78 is 10.7. The van der Waals surface area contributed by atoms with Crippen molar-refractivity contribution in [1.82, 2.24) is 9.97 Å². The van der Waals surface area contributed by atoms with Crippen LogP contribution in [0.5, 0.6) is 5.75 Å². The summed E-state index contributed by atoms with van der Waals surface area (Å²) in [5.74, 6) is 1.05. The zero-order valence-corrected chi connectivity index (χ0v) is 19.4. The molecule has 0 aliphatic carbocycles. The van der Waals surface area contributed by atoms with Gasteiger partial charge in [0.05, 0.1) is 12.1 Å². The first-order valence-corrected chi connectivity index (χ1v) is 11.2. The van der Waals surface area contributed by atoms with E-state index in [0.717, 1.165) is 23.7 Å². The molecule has 8 heteroatoms. The van der Waals surface area contributed by atoms with E-state index in [1.165, 1.54) is 6.33 Å². The molecule has 0 unspecified atom stereocenters. The summed E-state index contributed by atoms with van der Waals surface area (Å²) in [5, 5.41) is 7.01. The van der Waals surface area contributed by atoms with Crippen molar-refractivity contribution >= 4 is 34.6 Å². The first-order chi connectivity index (χ1) is 17.2. The zero-order chi connectivity index (χ0) is 24.5. The van der Waals surface area contributed by atoms with Gasteiger partial charge in [-0.2, -0.15) is 0 Å². The van der Waals surface area contributed by atoms with Crippen molar-refractivity contribution in [3.8, 4) is 5.75 Å². The maximum Gasteiger partial charge on any atom is 0.255 e. The van der Waals surface area contributed by atoms with Crippen LogP contribution < -0.4 is 15.4 Å². The number of anilines is 2.